The lowest BCUT2D eigenvalue weighted by Crippen LogP contribution is -2.39. The van der Waals surface area contributed by atoms with Crippen LogP contribution in [0.1, 0.15) is 25.0 Å². The highest BCUT2D eigenvalue weighted by Crippen LogP contribution is 2.23. The SMILES string of the molecule is Cc1cccc(C(N)=S)c1N(C)CC(=O)NC(C)C. The Hall–Kier alpha value is -1.62. The topological polar surface area (TPSA) is 58.4 Å². The zero-order valence-corrected chi connectivity index (χ0v) is 12.7. The molecule has 3 N–H and O–H groups in total. The summed E-state index contributed by atoms with van der Waals surface area (Å²) in [5, 5.41) is 2.87. The number of rotatable bonds is 5. The summed E-state index contributed by atoms with van der Waals surface area (Å²) in [5.74, 6) is -0.0188. The second-order valence-electron chi connectivity index (χ2n) is 4.91. The summed E-state index contributed by atoms with van der Waals surface area (Å²) in [7, 11) is 1.87. The highest BCUT2D eigenvalue weighted by Gasteiger charge is 2.15. The van der Waals surface area contributed by atoms with E-state index in [1.165, 1.54) is 0 Å². The Morgan fingerprint density at radius 2 is 2.11 bits per heavy atom. The average molecular weight is 279 g/mol. The Bertz CT molecular complexity index is 486. The zero-order valence-electron chi connectivity index (χ0n) is 11.9. The molecule has 0 radical (unpaired) electrons. The molecule has 1 aromatic rings. The van der Waals surface area contributed by atoms with Crippen molar-refractivity contribution in [3.05, 3.63) is 29.3 Å². The van der Waals surface area contributed by atoms with Crippen LogP contribution in [0.2, 0.25) is 0 Å². The minimum atomic E-state index is -0.0188. The Morgan fingerprint density at radius 3 is 2.63 bits per heavy atom. The maximum Gasteiger partial charge on any atom is 0.239 e. The lowest BCUT2D eigenvalue weighted by Gasteiger charge is -2.24. The molecular weight excluding hydrogens is 258 g/mol. The van der Waals surface area contributed by atoms with Gasteiger partial charge in [0.05, 0.1) is 12.2 Å². The van der Waals surface area contributed by atoms with Crippen LogP contribution in [0, 0.1) is 6.92 Å². The van der Waals surface area contributed by atoms with Crippen LogP contribution in [0.25, 0.3) is 0 Å². The molecule has 0 aromatic heterocycles. The van der Waals surface area contributed by atoms with E-state index < -0.39 is 0 Å². The van der Waals surface area contributed by atoms with Crippen LogP contribution in [0.15, 0.2) is 18.2 Å². The zero-order chi connectivity index (χ0) is 14.6. The number of thiocarbonyl (C=S) groups is 1. The van der Waals surface area contributed by atoms with Crippen molar-refractivity contribution in [1.29, 1.82) is 0 Å². The third-order valence-electron chi connectivity index (χ3n) is 2.72. The minimum Gasteiger partial charge on any atom is -0.389 e. The molecular formula is C14H21N3OS. The predicted octanol–water partition coefficient (Wildman–Crippen LogP) is 1.59. The fraction of sp³-hybridized carbons (Fsp3) is 0.429. The number of carbonyl (C=O) groups excluding carboxylic acids is 1. The van der Waals surface area contributed by atoms with Gasteiger partial charge in [-0.2, -0.15) is 0 Å². The lowest BCUT2D eigenvalue weighted by atomic mass is 10.1. The Morgan fingerprint density at radius 1 is 1.47 bits per heavy atom. The number of hydrogen-bond donors (Lipinski definition) is 2. The molecule has 1 aromatic carbocycles. The maximum atomic E-state index is 11.8. The number of amides is 1. The van der Waals surface area contributed by atoms with Gasteiger partial charge >= 0.3 is 0 Å². The number of para-hydroxylation sites is 1. The third kappa shape index (κ3) is 4.21. The summed E-state index contributed by atoms with van der Waals surface area (Å²) in [6.07, 6.45) is 0. The molecule has 0 saturated heterocycles. The summed E-state index contributed by atoms with van der Waals surface area (Å²) in [5.41, 5.74) is 8.50. The maximum absolute atomic E-state index is 11.8. The quantitative estimate of drug-likeness (QED) is 0.804. The molecule has 0 atom stereocenters. The van der Waals surface area contributed by atoms with Gasteiger partial charge in [0.1, 0.15) is 4.99 Å². The number of nitrogens with two attached hydrogens (primary N) is 1. The molecule has 0 fully saturated rings. The van der Waals surface area contributed by atoms with Gasteiger partial charge in [0.25, 0.3) is 0 Å². The van der Waals surface area contributed by atoms with Gasteiger partial charge in [-0.05, 0) is 32.4 Å². The first-order valence-corrected chi connectivity index (χ1v) is 6.63. The van der Waals surface area contributed by atoms with Crippen molar-refractivity contribution in [3.63, 3.8) is 0 Å². The highest BCUT2D eigenvalue weighted by atomic mass is 32.1. The largest absolute Gasteiger partial charge is 0.389 e. The number of likely N-dealkylation sites (N-methyl/N-ethyl adjacent to an activating group) is 1. The van der Waals surface area contributed by atoms with Gasteiger partial charge in [-0.15, -0.1) is 0 Å². The standard InChI is InChI=1S/C14H21N3OS/c1-9(2)16-12(18)8-17(4)13-10(3)6-5-7-11(13)14(15)19/h5-7,9H,8H2,1-4H3,(H2,15,19)(H,16,18). The van der Waals surface area contributed by atoms with E-state index in [9.17, 15) is 4.79 Å². The van der Waals surface area contributed by atoms with E-state index in [0.29, 0.717) is 4.99 Å². The smallest absolute Gasteiger partial charge is 0.239 e. The molecule has 1 amide bonds. The summed E-state index contributed by atoms with van der Waals surface area (Å²) >= 11 is 5.06. The predicted molar refractivity (Wildman–Crippen MR) is 83.6 cm³/mol. The Balaban J connectivity index is 2.96. The van der Waals surface area contributed by atoms with Crippen molar-refractivity contribution in [2.45, 2.75) is 26.8 Å². The summed E-state index contributed by atoms with van der Waals surface area (Å²) < 4.78 is 0. The molecule has 104 valence electrons. The van der Waals surface area contributed by atoms with Crippen molar-refractivity contribution >= 4 is 28.8 Å². The first-order chi connectivity index (χ1) is 8.82. The second kappa shape index (κ2) is 6.52. The van der Waals surface area contributed by atoms with Gasteiger partial charge in [0.15, 0.2) is 0 Å². The minimum absolute atomic E-state index is 0.0188. The van der Waals surface area contributed by atoms with Crippen molar-refractivity contribution < 1.29 is 4.79 Å². The second-order valence-corrected chi connectivity index (χ2v) is 5.35. The number of nitrogens with zero attached hydrogens (tertiary/aromatic N) is 1. The van der Waals surface area contributed by atoms with Gasteiger partial charge in [-0.25, -0.2) is 0 Å². The van der Waals surface area contributed by atoms with E-state index in [1.54, 1.807) is 0 Å². The van der Waals surface area contributed by atoms with Crippen molar-refractivity contribution in [1.82, 2.24) is 5.32 Å². The van der Waals surface area contributed by atoms with Crippen LogP contribution in [0.5, 0.6) is 0 Å². The molecule has 0 unspecified atom stereocenters. The molecule has 4 nitrogen and oxygen atoms in total. The van der Waals surface area contributed by atoms with E-state index in [4.69, 9.17) is 18.0 Å². The van der Waals surface area contributed by atoms with Crippen LogP contribution >= 0.6 is 12.2 Å². The number of benzene rings is 1. The molecule has 0 heterocycles. The summed E-state index contributed by atoms with van der Waals surface area (Å²) in [4.78, 5) is 14.0. The van der Waals surface area contributed by atoms with Crippen LogP contribution < -0.4 is 16.0 Å². The molecule has 0 aliphatic heterocycles. The first-order valence-electron chi connectivity index (χ1n) is 6.22. The number of aryl methyl sites for hydroxylation is 1. The van der Waals surface area contributed by atoms with Crippen molar-refractivity contribution in [2.75, 3.05) is 18.5 Å². The van der Waals surface area contributed by atoms with E-state index >= 15 is 0 Å². The number of carbonyl (C=O) groups is 1. The molecule has 0 bridgehead atoms. The van der Waals surface area contributed by atoms with Gasteiger partial charge in [-0.1, -0.05) is 24.4 Å². The van der Waals surface area contributed by atoms with Gasteiger partial charge < -0.3 is 16.0 Å². The first kappa shape index (κ1) is 15.4. The van der Waals surface area contributed by atoms with Crippen LogP contribution in [0.3, 0.4) is 0 Å². The third-order valence-corrected chi connectivity index (χ3v) is 2.94. The highest BCUT2D eigenvalue weighted by molar-refractivity contribution is 7.80. The molecule has 5 heteroatoms. The molecule has 0 spiro atoms. The monoisotopic (exact) mass is 279 g/mol. The molecule has 0 saturated carbocycles. The fourth-order valence-corrected chi connectivity index (χ4v) is 2.19. The number of hydrogen-bond acceptors (Lipinski definition) is 3. The Kier molecular flexibility index (Phi) is 5.30. The van der Waals surface area contributed by atoms with E-state index in [1.807, 2.05) is 50.9 Å². The van der Waals surface area contributed by atoms with Crippen LogP contribution in [-0.4, -0.2) is 30.5 Å². The summed E-state index contributed by atoms with van der Waals surface area (Å²) in [6, 6.07) is 5.90. The van der Waals surface area contributed by atoms with Gasteiger partial charge in [0, 0.05) is 18.7 Å². The average Bonchev–Trinajstić information content (AvgIpc) is 2.26. The number of nitrogens with one attached hydrogen (secondary N) is 1. The van der Waals surface area contributed by atoms with Crippen LogP contribution in [-0.2, 0) is 4.79 Å². The van der Waals surface area contributed by atoms with Gasteiger partial charge in [-0.3, -0.25) is 4.79 Å². The van der Waals surface area contributed by atoms with Gasteiger partial charge in [0.2, 0.25) is 5.91 Å². The molecule has 0 aliphatic rings. The number of anilines is 1. The molecule has 19 heavy (non-hydrogen) atoms. The summed E-state index contributed by atoms with van der Waals surface area (Å²) in [6.45, 7) is 6.13. The van der Waals surface area contributed by atoms with E-state index in [2.05, 4.69) is 5.32 Å². The van der Waals surface area contributed by atoms with Crippen molar-refractivity contribution in [2.24, 2.45) is 5.73 Å². The lowest BCUT2D eigenvalue weighted by molar-refractivity contribution is -0.120. The van der Waals surface area contributed by atoms with Crippen molar-refractivity contribution in [3.8, 4) is 0 Å². The normalized spacial score (nSPS) is 10.4. The molecule has 1 rings (SSSR count). The Labute approximate surface area is 120 Å². The molecule has 0 aliphatic carbocycles. The van der Waals surface area contributed by atoms with E-state index in [-0.39, 0.29) is 18.5 Å². The fourth-order valence-electron chi connectivity index (χ4n) is 2.03. The van der Waals surface area contributed by atoms with E-state index in [0.717, 1.165) is 16.8 Å². The van der Waals surface area contributed by atoms with Crippen LogP contribution in [0.4, 0.5) is 5.69 Å².